The Balaban J connectivity index is 2.79. The van der Waals surface area contributed by atoms with Crippen LogP contribution in [0.5, 0.6) is 0 Å². The van der Waals surface area contributed by atoms with Gasteiger partial charge >= 0.3 is 12.1 Å². The van der Waals surface area contributed by atoms with Gasteiger partial charge in [-0.05, 0) is 24.1 Å². The third kappa shape index (κ3) is 2.49. The molecule has 0 amide bonds. The minimum Gasteiger partial charge on any atom is -0.478 e. The average molecular weight is 270 g/mol. The Hall–Kier alpha value is -2.18. The standard InChI is InChI=1S/C12H9F3N2O2/c1-2-6-3-7-8(11(18)19)4-9(12(13,14)15)17-10(7)16-5-6/h3-5H,2H2,1H3,(H,18,19). The monoisotopic (exact) mass is 270 g/mol. The fraction of sp³-hybridized carbons (Fsp3) is 0.250. The molecule has 7 heteroatoms. The number of carboxylic acids is 1. The van der Waals surface area contributed by atoms with E-state index in [1.54, 1.807) is 0 Å². The number of hydrogen-bond donors (Lipinski definition) is 1. The molecule has 0 saturated heterocycles. The summed E-state index contributed by atoms with van der Waals surface area (Å²) in [5, 5.41) is 9.12. The molecule has 1 N–H and O–H groups in total. The molecule has 0 aliphatic carbocycles. The van der Waals surface area contributed by atoms with Gasteiger partial charge in [0.2, 0.25) is 0 Å². The fourth-order valence-electron chi connectivity index (χ4n) is 1.66. The molecule has 0 bridgehead atoms. The number of aromatic carboxylic acids is 1. The molecular weight excluding hydrogens is 261 g/mol. The zero-order valence-electron chi connectivity index (χ0n) is 9.82. The van der Waals surface area contributed by atoms with Crippen molar-refractivity contribution in [3.8, 4) is 0 Å². The van der Waals surface area contributed by atoms with Crippen LogP contribution in [-0.4, -0.2) is 21.0 Å². The van der Waals surface area contributed by atoms with Crippen LogP contribution in [0.1, 0.15) is 28.5 Å². The molecule has 100 valence electrons. The van der Waals surface area contributed by atoms with Crippen LogP contribution in [-0.2, 0) is 12.6 Å². The van der Waals surface area contributed by atoms with Crippen LogP contribution in [0.15, 0.2) is 18.3 Å². The number of nitrogens with zero attached hydrogens (tertiary/aromatic N) is 2. The number of carbonyl (C=O) groups is 1. The first-order valence-electron chi connectivity index (χ1n) is 5.43. The Kier molecular flexibility index (Phi) is 3.13. The van der Waals surface area contributed by atoms with E-state index in [2.05, 4.69) is 9.97 Å². The Morgan fingerprint density at radius 2 is 2.05 bits per heavy atom. The number of carboxylic acid groups (broad SMARTS) is 1. The molecule has 2 rings (SSSR count). The van der Waals surface area contributed by atoms with E-state index < -0.39 is 23.4 Å². The maximum atomic E-state index is 12.6. The summed E-state index contributed by atoms with van der Waals surface area (Å²) in [6.45, 7) is 1.83. The van der Waals surface area contributed by atoms with Crippen molar-refractivity contribution in [2.24, 2.45) is 0 Å². The first-order chi connectivity index (χ1) is 8.82. The van der Waals surface area contributed by atoms with E-state index in [9.17, 15) is 18.0 Å². The largest absolute Gasteiger partial charge is 0.478 e. The van der Waals surface area contributed by atoms with Gasteiger partial charge in [0.1, 0.15) is 5.69 Å². The van der Waals surface area contributed by atoms with Gasteiger partial charge in [-0.1, -0.05) is 6.92 Å². The summed E-state index contributed by atoms with van der Waals surface area (Å²) in [6.07, 6.45) is -2.71. The van der Waals surface area contributed by atoms with Crippen molar-refractivity contribution in [2.75, 3.05) is 0 Å². The first-order valence-corrected chi connectivity index (χ1v) is 5.43. The van der Waals surface area contributed by atoms with E-state index in [1.807, 2.05) is 6.92 Å². The van der Waals surface area contributed by atoms with Crippen molar-refractivity contribution in [1.29, 1.82) is 0 Å². The minimum atomic E-state index is -4.70. The van der Waals surface area contributed by atoms with Crippen LogP contribution < -0.4 is 0 Å². The highest BCUT2D eigenvalue weighted by atomic mass is 19.4. The highest BCUT2D eigenvalue weighted by molar-refractivity contribution is 6.01. The molecule has 2 heterocycles. The molecule has 2 aromatic heterocycles. The predicted octanol–water partition coefficient (Wildman–Crippen LogP) is 2.91. The van der Waals surface area contributed by atoms with Crippen LogP contribution in [0.4, 0.5) is 13.2 Å². The molecule has 19 heavy (non-hydrogen) atoms. The molecule has 0 unspecified atom stereocenters. The molecule has 0 saturated carbocycles. The number of rotatable bonds is 2. The van der Waals surface area contributed by atoms with Gasteiger partial charge in [-0.25, -0.2) is 14.8 Å². The van der Waals surface area contributed by atoms with Gasteiger partial charge in [0.25, 0.3) is 0 Å². The Morgan fingerprint density at radius 1 is 1.37 bits per heavy atom. The summed E-state index contributed by atoms with van der Waals surface area (Å²) in [5.74, 6) is -1.44. The lowest BCUT2D eigenvalue weighted by Crippen LogP contribution is -2.11. The molecule has 0 spiro atoms. The van der Waals surface area contributed by atoms with Crippen LogP contribution in [0.3, 0.4) is 0 Å². The van der Waals surface area contributed by atoms with E-state index >= 15 is 0 Å². The lowest BCUT2D eigenvalue weighted by atomic mass is 10.1. The zero-order valence-corrected chi connectivity index (χ0v) is 9.82. The zero-order chi connectivity index (χ0) is 14.2. The van der Waals surface area contributed by atoms with E-state index in [0.29, 0.717) is 12.5 Å². The van der Waals surface area contributed by atoms with Gasteiger partial charge in [0.15, 0.2) is 5.65 Å². The number of alkyl halides is 3. The maximum absolute atomic E-state index is 12.6. The van der Waals surface area contributed by atoms with Crippen LogP contribution in [0.2, 0.25) is 0 Å². The second-order valence-corrected chi connectivity index (χ2v) is 3.93. The summed E-state index contributed by atoms with van der Waals surface area (Å²) in [6, 6.07) is 2.03. The summed E-state index contributed by atoms with van der Waals surface area (Å²) in [7, 11) is 0. The van der Waals surface area contributed by atoms with Crippen molar-refractivity contribution in [3.63, 3.8) is 0 Å². The SMILES string of the molecule is CCc1cnc2nc(C(F)(F)F)cc(C(=O)O)c2c1. The Labute approximate surface area is 105 Å². The van der Waals surface area contributed by atoms with Crippen LogP contribution in [0, 0.1) is 0 Å². The summed E-state index contributed by atoms with van der Waals surface area (Å²) in [4.78, 5) is 18.2. The Bertz CT molecular complexity index is 653. The third-order valence-electron chi connectivity index (χ3n) is 2.65. The summed E-state index contributed by atoms with van der Waals surface area (Å²) < 4.78 is 37.9. The fourth-order valence-corrected chi connectivity index (χ4v) is 1.66. The molecule has 0 atom stereocenters. The molecule has 2 aromatic rings. The number of aryl methyl sites for hydroxylation is 1. The number of halogens is 3. The second-order valence-electron chi connectivity index (χ2n) is 3.93. The van der Waals surface area contributed by atoms with Gasteiger partial charge in [-0.2, -0.15) is 13.2 Å². The van der Waals surface area contributed by atoms with Crippen LogP contribution >= 0.6 is 0 Å². The average Bonchev–Trinajstić information content (AvgIpc) is 2.35. The van der Waals surface area contributed by atoms with Gasteiger partial charge in [-0.3, -0.25) is 0 Å². The molecule has 0 aliphatic heterocycles. The minimum absolute atomic E-state index is 0.111. The smallest absolute Gasteiger partial charge is 0.433 e. The second kappa shape index (κ2) is 4.49. The quantitative estimate of drug-likeness (QED) is 0.911. The maximum Gasteiger partial charge on any atom is 0.433 e. The molecule has 0 aliphatic rings. The molecular formula is C12H9F3N2O2. The highest BCUT2D eigenvalue weighted by Gasteiger charge is 2.34. The van der Waals surface area contributed by atoms with Crippen molar-refractivity contribution in [1.82, 2.24) is 9.97 Å². The van der Waals surface area contributed by atoms with Gasteiger partial charge in [0, 0.05) is 11.6 Å². The number of pyridine rings is 2. The van der Waals surface area contributed by atoms with E-state index in [-0.39, 0.29) is 11.0 Å². The molecule has 0 radical (unpaired) electrons. The normalized spacial score (nSPS) is 11.8. The van der Waals surface area contributed by atoms with Crippen molar-refractivity contribution < 1.29 is 23.1 Å². The van der Waals surface area contributed by atoms with Crippen molar-refractivity contribution in [2.45, 2.75) is 19.5 Å². The highest BCUT2D eigenvalue weighted by Crippen LogP contribution is 2.30. The summed E-state index contributed by atoms with van der Waals surface area (Å²) in [5.41, 5.74) is -1.18. The van der Waals surface area contributed by atoms with E-state index in [0.717, 1.165) is 5.56 Å². The van der Waals surface area contributed by atoms with E-state index in [1.165, 1.54) is 12.3 Å². The first kappa shape index (κ1) is 13.3. The Morgan fingerprint density at radius 3 is 2.58 bits per heavy atom. The topological polar surface area (TPSA) is 63.1 Å². The van der Waals surface area contributed by atoms with Gasteiger partial charge in [-0.15, -0.1) is 0 Å². The molecule has 4 nitrogen and oxygen atoms in total. The van der Waals surface area contributed by atoms with Crippen LogP contribution in [0.25, 0.3) is 11.0 Å². The summed E-state index contributed by atoms with van der Waals surface area (Å²) >= 11 is 0. The third-order valence-corrected chi connectivity index (χ3v) is 2.65. The lowest BCUT2D eigenvalue weighted by Gasteiger charge is -2.09. The van der Waals surface area contributed by atoms with Crippen molar-refractivity contribution >= 4 is 17.0 Å². The van der Waals surface area contributed by atoms with Gasteiger partial charge in [0.05, 0.1) is 5.56 Å². The van der Waals surface area contributed by atoms with Gasteiger partial charge < -0.3 is 5.11 Å². The molecule has 0 aromatic carbocycles. The predicted molar refractivity (Wildman–Crippen MR) is 60.9 cm³/mol. The lowest BCUT2D eigenvalue weighted by molar-refractivity contribution is -0.141. The molecule has 0 fully saturated rings. The number of fused-ring (bicyclic) bond motifs is 1. The number of hydrogen-bond acceptors (Lipinski definition) is 3. The number of aromatic nitrogens is 2. The van der Waals surface area contributed by atoms with E-state index in [4.69, 9.17) is 5.11 Å². The van der Waals surface area contributed by atoms with Crippen molar-refractivity contribution in [3.05, 3.63) is 35.2 Å².